The Morgan fingerprint density at radius 1 is 1.21 bits per heavy atom. The molecule has 0 saturated carbocycles. The number of nitrogens with zero attached hydrogens (tertiary/aromatic N) is 2. The van der Waals surface area contributed by atoms with Crippen molar-refractivity contribution in [2.45, 2.75) is 13.5 Å². The molecule has 2 aromatic carbocycles. The highest BCUT2D eigenvalue weighted by molar-refractivity contribution is 6.30. The molecule has 7 heteroatoms. The second kappa shape index (κ2) is 6.72. The first-order valence-corrected chi connectivity index (χ1v) is 7.46. The first-order chi connectivity index (χ1) is 11.5. The van der Waals surface area contributed by atoms with Crippen molar-refractivity contribution < 1.29 is 19.1 Å². The van der Waals surface area contributed by atoms with E-state index in [2.05, 4.69) is 10.2 Å². The van der Waals surface area contributed by atoms with Crippen LogP contribution in [-0.4, -0.2) is 21.3 Å². The van der Waals surface area contributed by atoms with E-state index in [1.54, 1.807) is 43.3 Å². The number of aromatic hydroxyl groups is 1. The van der Waals surface area contributed by atoms with Crippen molar-refractivity contribution in [2.24, 2.45) is 0 Å². The fourth-order valence-corrected chi connectivity index (χ4v) is 2.09. The molecule has 0 amide bonds. The van der Waals surface area contributed by atoms with Gasteiger partial charge in [-0.25, -0.2) is 4.79 Å². The molecular formula is C17H13ClN2O4. The minimum absolute atomic E-state index is 0.0345. The summed E-state index contributed by atoms with van der Waals surface area (Å²) < 4.78 is 10.6. The SMILES string of the molecule is Cc1ccc(C(=O)OCc2nnc(-c3ccc(Cl)cc3)o2)cc1O. The summed E-state index contributed by atoms with van der Waals surface area (Å²) >= 11 is 5.83. The zero-order valence-electron chi connectivity index (χ0n) is 12.7. The van der Waals surface area contributed by atoms with Gasteiger partial charge in [-0.2, -0.15) is 0 Å². The van der Waals surface area contributed by atoms with Crippen LogP contribution in [0.15, 0.2) is 46.9 Å². The lowest BCUT2D eigenvalue weighted by atomic mass is 10.1. The van der Waals surface area contributed by atoms with Crippen LogP contribution in [-0.2, 0) is 11.3 Å². The fraction of sp³-hybridized carbons (Fsp3) is 0.118. The maximum Gasteiger partial charge on any atom is 0.338 e. The molecule has 0 aliphatic carbocycles. The maximum absolute atomic E-state index is 12.0. The van der Waals surface area contributed by atoms with Gasteiger partial charge in [0.1, 0.15) is 5.75 Å². The quantitative estimate of drug-likeness (QED) is 0.725. The second-order valence-electron chi connectivity index (χ2n) is 5.09. The average molecular weight is 345 g/mol. The number of hydrogen-bond donors (Lipinski definition) is 1. The molecular weight excluding hydrogens is 332 g/mol. The van der Waals surface area contributed by atoms with E-state index in [1.807, 2.05) is 0 Å². The number of benzene rings is 2. The number of rotatable bonds is 4. The number of hydrogen-bond acceptors (Lipinski definition) is 6. The molecule has 0 radical (unpaired) electrons. The number of phenols is 1. The Morgan fingerprint density at radius 3 is 2.67 bits per heavy atom. The van der Waals surface area contributed by atoms with Gasteiger partial charge >= 0.3 is 5.97 Å². The molecule has 3 aromatic rings. The van der Waals surface area contributed by atoms with E-state index in [1.165, 1.54) is 6.07 Å². The molecule has 0 spiro atoms. The number of aryl methyl sites for hydroxylation is 1. The monoisotopic (exact) mass is 344 g/mol. The summed E-state index contributed by atoms with van der Waals surface area (Å²) in [7, 11) is 0. The average Bonchev–Trinajstić information content (AvgIpc) is 3.05. The van der Waals surface area contributed by atoms with Crippen LogP contribution in [0.4, 0.5) is 0 Å². The highest BCUT2D eigenvalue weighted by Gasteiger charge is 2.13. The van der Waals surface area contributed by atoms with Crippen molar-refractivity contribution in [3.63, 3.8) is 0 Å². The smallest absolute Gasteiger partial charge is 0.338 e. The Bertz CT molecular complexity index is 875. The molecule has 0 atom stereocenters. The van der Waals surface area contributed by atoms with Crippen LogP contribution in [0.2, 0.25) is 5.02 Å². The van der Waals surface area contributed by atoms with E-state index in [9.17, 15) is 9.90 Å². The number of esters is 1. The summed E-state index contributed by atoms with van der Waals surface area (Å²) in [5.74, 6) is -0.0702. The van der Waals surface area contributed by atoms with Crippen LogP contribution < -0.4 is 0 Å². The molecule has 1 aromatic heterocycles. The molecule has 122 valence electrons. The van der Waals surface area contributed by atoms with Crippen LogP contribution in [0.5, 0.6) is 5.75 Å². The predicted molar refractivity (Wildman–Crippen MR) is 86.7 cm³/mol. The van der Waals surface area contributed by atoms with Gasteiger partial charge in [-0.1, -0.05) is 17.7 Å². The van der Waals surface area contributed by atoms with Crippen molar-refractivity contribution >= 4 is 17.6 Å². The number of halogens is 1. The van der Waals surface area contributed by atoms with Crippen molar-refractivity contribution in [2.75, 3.05) is 0 Å². The predicted octanol–water partition coefficient (Wildman–Crippen LogP) is 3.76. The number of phenolic OH excluding ortho intramolecular Hbond substituents is 1. The number of ether oxygens (including phenoxy) is 1. The molecule has 0 aliphatic rings. The molecule has 1 heterocycles. The zero-order valence-corrected chi connectivity index (χ0v) is 13.4. The third kappa shape index (κ3) is 3.55. The lowest BCUT2D eigenvalue weighted by Crippen LogP contribution is -2.05. The first kappa shape index (κ1) is 16.0. The van der Waals surface area contributed by atoms with Gasteiger partial charge in [0, 0.05) is 10.6 Å². The third-order valence-electron chi connectivity index (χ3n) is 3.33. The Hall–Kier alpha value is -2.86. The van der Waals surface area contributed by atoms with E-state index in [0.717, 1.165) is 0 Å². The molecule has 24 heavy (non-hydrogen) atoms. The molecule has 0 aliphatic heterocycles. The van der Waals surface area contributed by atoms with Gasteiger partial charge in [-0.3, -0.25) is 0 Å². The van der Waals surface area contributed by atoms with Crippen LogP contribution in [0.3, 0.4) is 0 Å². The van der Waals surface area contributed by atoms with Gasteiger partial charge in [0.25, 0.3) is 5.89 Å². The summed E-state index contributed by atoms with van der Waals surface area (Å²) in [5.41, 5.74) is 1.64. The lowest BCUT2D eigenvalue weighted by Gasteiger charge is -2.04. The van der Waals surface area contributed by atoms with Gasteiger partial charge in [0.15, 0.2) is 6.61 Å². The normalized spacial score (nSPS) is 10.6. The van der Waals surface area contributed by atoms with E-state index in [4.69, 9.17) is 20.8 Å². The minimum atomic E-state index is -0.587. The first-order valence-electron chi connectivity index (χ1n) is 7.08. The van der Waals surface area contributed by atoms with Crippen molar-refractivity contribution in [1.82, 2.24) is 10.2 Å². The maximum atomic E-state index is 12.0. The largest absolute Gasteiger partial charge is 0.508 e. The van der Waals surface area contributed by atoms with Crippen LogP contribution in [0.25, 0.3) is 11.5 Å². The zero-order chi connectivity index (χ0) is 17.1. The molecule has 1 N–H and O–H groups in total. The Labute approximate surface area is 142 Å². The van der Waals surface area contributed by atoms with Gasteiger partial charge < -0.3 is 14.3 Å². The summed E-state index contributed by atoms with van der Waals surface area (Å²) in [6, 6.07) is 11.5. The topological polar surface area (TPSA) is 85.5 Å². The minimum Gasteiger partial charge on any atom is -0.508 e. The van der Waals surface area contributed by atoms with Gasteiger partial charge in [0.05, 0.1) is 5.56 Å². The Morgan fingerprint density at radius 2 is 1.96 bits per heavy atom. The number of aromatic nitrogens is 2. The van der Waals surface area contributed by atoms with E-state index in [-0.39, 0.29) is 23.8 Å². The lowest BCUT2D eigenvalue weighted by molar-refractivity contribution is 0.0438. The van der Waals surface area contributed by atoms with Crippen molar-refractivity contribution in [1.29, 1.82) is 0 Å². The summed E-state index contributed by atoms with van der Waals surface area (Å²) in [6.07, 6.45) is 0. The van der Waals surface area contributed by atoms with Crippen LogP contribution in [0.1, 0.15) is 21.8 Å². The van der Waals surface area contributed by atoms with Crippen molar-refractivity contribution in [3.05, 3.63) is 64.5 Å². The Balaban J connectivity index is 1.65. The van der Waals surface area contributed by atoms with Crippen LogP contribution in [0, 0.1) is 6.92 Å². The molecule has 0 bridgehead atoms. The highest BCUT2D eigenvalue weighted by atomic mass is 35.5. The van der Waals surface area contributed by atoms with E-state index < -0.39 is 5.97 Å². The summed E-state index contributed by atoms with van der Waals surface area (Å²) in [6.45, 7) is 1.58. The standard InChI is InChI=1S/C17H13ClN2O4/c1-10-2-3-12(8-14(10)21)17(22)23-9-15-19-20-16(24-15)11-4-6-13(18)7-5-11/h2-8,21H,9H2,1H3. The second-order valence-corrected chi connectivity index (χ2v) is 5.52. The van der Waals surface area contributed by atoms with Gasteiger partial charge in [-0.05, 0) is 48.9 Å². The highest BCUT2D eigenvalue weighted by Crippen LogP contribution is 2.21. The van der Waals surface area contributed by atoms with Gasteiger partial charge in [0.2, 0.25) is 5.89 Å². The van der Waals surface area contributed by atoms with Crippen molar-refractivity contribution in [3.8, 4) is 17.2 Å². The van der Waals surface area contributed by atoms with E-state index >= 15 is 0 Å². The summed E-state index contributed by atoms with van der Waals surface area (Å²) in [5, 5.41) is 18.0. The fourth-order valence-electron chi connectivity index (χ4n) is 1.97. The summed E-state index contributed by atoms with van der Waals surface area (Å²) in [4.78, 5) is 12.0. The van der Waals surface area contributed by atoms with Crippen LogP contribution >= 0.6 is 11.6 Å². The molecule has 3 rings (SSSR count). The third-order valence-corrected chi connectivity index (χ3v) is 3.58. The van der Waals surface area contributed by atoms with Gasteiger partial charge in [-0.15, -0.1) is 10.2 Å². The number of carbonyl (C=O) groups is 1. The van der Waals surface area contributed by atoms with E-state index in [0.29, 0.717) is 22.0 Å². The molecule has 0 unspecified atom stereocenters. The molecule has 0 saturated heterocycles. The number of carbonyl (C=O) groups excluding carboxylic acids is 1. The molecule has 0 fully saturated rings. The molecule has 6 nitrogen and oxygen atoms in total. The Kier molecular flexibility index (Phi) is 4.48.